The summed E-state index contributed by atoms with van der Waals surface area (Å²) in [4.78, 5) is 35.5. The van der Waals surface area contributed by atoms with Crippen molar-refractivity contribution < 1.29 is 0 Å². The van der Waals surface area contributed by atoms with Crippen molar-refractivity contribution in [3.63, 3.8) is 0 Å². The largest absolute Gasteiger partial charge is 0.320 e. The van der Waals surface area contributed by atoms with Crippen molar-refractivity contribution in [3.05, 3.63) is 63.2 Å². The summed E-state index contributed by atoms with van der Waals surface area (Å²) >= 11 is 0. The molecule has 5 rings (SSSR count). The molecule has 1 N–H and O–H groups in total. The van der Waals surface area contributed by atoms with E-state index in [0.717, 1.165) is 30.4 Å². The highest BCUT2D eigenvalue weighted by molar-refractivity contribution is 5.77. The summed E-state index contributed by atoms with van der Waals surface area (Å²) in [5.41, 5.74) is 2.13. The van der Waals surface area contributed by atoms with Crippen molar-refractivity contribution >= 4 is 11.0 Å². The van der Waals surface area contributed by atoms with Gasteiger partial charge in [0.25, 0.3) is 5.56 Å². The van der Waals surface area contributed by atoms with Gasteiger partial charge in [-0.2, -0.15) is 0 Å². The van der Waals surface area contributed by atoms with Gasteiger partial charge in [-0.15, -0.1) is 0 Å². The lowest BCUT2D eigenvalue weighted by molar-refractivity contribution is 0.0217. The molecule has 2 aliphatic heterocycles. The van der Waals surface area contributed by atoms with E-state index in [1.54, 1.807) is 12.1 Å². The SMILES string of the molecule is CCN1C2CCCC1CC(n1c(=O)c(-c3cccc(=O)[nH]3)nc3ccccc31)C2. The highest BCUT2D eigenvalue weighted by Crippen LogP contribution is 2.39. The Hall–Kier alpha value is -2.73. The standard InChI is InChI=1S/C23H26N4O2/c1-2-26-15-7-5-8-16(26)14-17(13-15)27-20-11-4-3-9-18(20)25-22(23(27)29)19-10-6-12-21(28)24-19/h3-4,6,9-12,15-17H,2,5,7-8,13-14H2,1H3,(H,24,28). The molecule has 0 saturated carbocycles. The normalized spacial score (nSPS) is 24.7. The van der Waals surface area contributed by atoms with Crippen molar-refractivity contribution in [1.29, 1.82) is 0 Å². The molecule has 3 aromatic rings. The van der Waals surface area contributed by atoms with E-state index < -0.39 is 0 Å². The van der Waals surface area contributed by atoms with Crippen LogP contribution in [0.1, 0.15) is 45.1 Å². The number of hydrogen-bond donors (Lipinski definition) is 1. The lowest BCUT2D eigenvalue weighted by atomic mass is 9.81. The number of hydrogen-bond acceptors (Lipinski definition) is 4. The van der Waals surface area contributed by atoms with E-state index >= 15 is 0 Å². The minimum Gasteiger partial charge on any atom is -0.320 e. The van der Waals surface area contributed by atoms with Crippen molar-refractivity contribution in [2.24, 2.45) is 0 Å². The van der Waals surface area contributed by atoms with Crippen LogP contribution in [0.25, 0.3) is 22.4 Å². The van der Waals surface area contributed by atoms with Gasteiger partial charge in [0.05, 0.1) is 16.7 Å². The Balaban J connectivity index is 1.68. The Labute approximate surface area is 169 Å². The fourth-order valence-corrected chi connectivity index (χ4v) is 5.46. The molecule has 2 aliphatic rings. The number of fused-ring (bicyclic) bond motifs is 3. The van der Waals surface area contributed by atoms with Crippen molar-refractivity contribution in [2.75, 3.05) is 6.54 Å². The van der Waals surface area contributed by atoms with Gasteiger partial charge in [-0.1, -0.05) is 31.5 Å². The van der Waals surface area contributed by atoms with Crippen molar-refractivity contribution in [2.45, 2.75) is 57.2 Å². The van der Waals surface area contributed by atoms with Crippen LogP contribution >= 0.6 is 0 Å². The zero-order valence-electron chi connectivity index (χ0n) is 16.7. The fourth-order valence-electron chi connectivity index (χ4n) is 5.46. The molecule has 6 heteroatoms. The molecular weight excluding hydrogens is 364 g/mol. The van der Waals surface area contributed by atoms with Crippen LogP contribution in [0, 0.1) is 0 Å². The van der Waals surface area contributed by atoms with E-state index in [9.17, 15) is 9.59 Å². The number of aromatic nitrogens is 3. The van der Waals surface area contributed by atoms with Crippen LogP contribution < -0.4 is 11.1 Å². The van der Waals surface area contributed by atoms with E-state index in [0.29, 0.717) is 23.5 Å². The zero-order chi connectivity index (χ0) is 20.0. The third-order valence-corrected chi connectivity index (χ3v) is 6.65. The summed E-state index contributed by atoms with van der Waals surface area (Å²) in [5, 5.41) is 0. The van der Waals surface area contributed by atoms with Gasteiger partial charge in [0.1, 0.15) is 0 Å². The van der Waals surface area contributed by atoms with Gasteiger partial charge in [-0.3, -0.25) is 14.5 Å². The van der Waals surface area contributed by atoms with Gasteiger partial charge in [0, 0.05) is 24.2 Å². The predicted octanol–water partition coefficient (Wildman–Crippen LogP) is 3.33. The molecule has 2 unspecified atom stereocenters. The van der Waals surface area contributed by atoms with Crippen LogP contribution in [0.2, 0.25) is 0 Å². The van der Waals surface area contributed by atoms with Crippen LogP contribution in [0.3, 0.4) is 0 Å². The number of para-hydroxylation sites is 2. The number of nitrogens with zero attached hydrogens (tertiary/aromatic N) is 3. The Morgan fingerprint density at radius 3 is 2.48 bits per heavy atom. The minimum absolute atomic E-state index is 0.112. The maximum Gasteiger partial charge on any atom is 0.279 e. The number of rotatable bonds is 3. The Morgan fingerprint density at radius 1 is 1.00 bits per heavy atom. The minimum atomic E-state index is -0.228. The number of benzene rings is 1. The van der Waals surface area contributed by atoms with Gasteiger partial charge in [-0.25, -0.2) is 4.98 Å². The lowest BCUT2D eigenvalue weighted by Crippen LogP contribution is -2.53. The molecule has 0 radical (unpaired) electrons. The second-order valence-electron chi connectivity index (χ2n) is 8.25. The van der Waals surface area contributed by atoms with Crippen LogP contribution in [0.4, 0.5) is 0 Å². The molecule has 2 atom stereocenters. The van der Waals surface area contributed by atoms with Crippen molar-refractivity contribution in [1.82, 2.24) is 19.4 Å². The molecule has 2 saturated heterocycles. The second kappa shape index (κ2) is 7.26. The number of piperidine rings is 2. The number of aromatic amines is 1. The first kappa shape index (κ1) is 18.3. The lowest BCUT2D eigenvalue weighted by Gasteiger charge is -2.49. The number of nitrogens with one attached hydrogen (secondary N) is 1. The third-order valence-electron chi connectivity index (χ3n) is 6.65. The maximum absolute atomic E-state index is 13.6. The summed E-state index contributed by atoms with van der Waals surface area (Å²) in [6, 6.07) is 13.9. The molecule has 0 spiro atoms. The van der Waals surface area contributed by atoms with Gasteiger partial charge >= 0.3 is 0 Å². The van der Waals surface area contributed by atoms with E-state index in [-0.39, 0.29) is 17.2 Å². The molecule has 2 bridgehead atoms. The Morgan fingerprint density at radius 2 is 1.76 bits per heavy atom. The zero-order valence-corrected chi connectivity index (χ0v) is 16.7. The quantitative estimate of drug-likeness (QED) is 0.745. The predicted molar refractivity (Wildman–Crippen MR) is 114 cm³/mol. The molecule has 29 heavy (non-hydrogen) atoms. The topological polar surface area (TPSA) is 71.0 Å². The van der Waals surface area contributed by atoms with Gasteiger partial charge in [-0.05, 0) is 50.4 Å². The maximum atomic E-state index is 13.6. The first-order chi connectivity index (χ1) is 14.2. The van der Waals surface area contributed by atoms with Crippen molar-refractivity contribution in [3.8, 4) is 11.4 Å². The van der Waals surface area contributed by atoms with E-state index in [2.05, 4.69) is 21.8 Å². The monoisotopic (exact) mass is 390 g/mol. The highest BCUT2D eigenvalue weighted by Gasteiger charge is 2.38. The number of H-pyrrole nitrogens is 1. The first-order valence-corrected chi connectivity index (χ1v) is 10.6. The third kappa shape index (κ3) is 3.12. The fraction of sp³-hybridized carbons (Fsp3) is 0.435. The van der Waals surface area contributed by atoms with Gasteiger partial charge in [0.15, 0.2) is 5.69 Å². The average Bonchev–Trinajstić information content (AvgIpc) is 2.72. The van der Waals surface area contributed by atoms with Gasteiger partial charge < -0.3 is 9.55 Å². The Bertz CT molecular complexity index is 1150. The molecule has 2 aromatic heterocycles. The van der Waals surface area contributed by atoms with E-state index in [1.165, 1.54) is 25.3 Å². The second-order valence-corrected chi connectivity index (χ2v) is 8.25. The molecule has 0 aliphatic carbocycles. The van der Waals surface area contributed by atoms with Crippen LogP contribution in [0.15, 0.2) is 52.1 Å². The molecular formula is C23H26N4O2. The summed E-state index contributed by atoms with van der Waals surface area (Å²) in [6.45, 7) is 3.31. The Kier molecular flexibility index (Phi) is 4.59. The highest BCUT2D eigenvalue weighted by atomic mass is 16.1. The molecule has 6 nitrogen and oxygen atoms in total. The van der Waals surface area contributed by atoms with E-state index in [4.69, 9.17) is 0 Å². The molecule has 2 fully saturated rings. The summed E-state index contributed by atoms with van der Waals surface area (Å²) < 4.78 is 1.96. The summed E-state index contributed by atoms with van der Waals surface area (Å²) in [5.74, 6) is 0. The summed E-state index contributed by atoms with van der Waals surface area (Å²) in [7, 11) is 0. The molecule has 4 heterocycles. The van der Waals surface area contributed by atoms with Crippen LogP contribution in [0.5, 0.6) is 0 Å². The molecule has 150 valence electrons. The van der Waals surface area contributed by atoms with E-state index in [1.807, 2.05) is 28.8 Å². The van der Waals surface area contributed by atoms with Gasteiger partial charge in [0.2, 0.25) is 5.56 Å². The first-order valence-electron chi connectivity index (χ1n) is 10.6. The van der Waals surface area contributed by atoms with Crippen LogP contribution in [-0.2, 0) is 0 Å². The average molecular weight is 390 g/mol. The van der Waals surface area contributed by atoms with Crippen LogP contribution in [-0.4, -0.2) is 38.1 Å². The molecule has 0 amide bonds. The number of pyridine rings is 1. The molecule has 1 aromatic carbocycles. The smallest absolute Gasteiger partial charge is 0.279 e. The summed E-state index contributed by atoms with van der Waals surface area (Å²) in [6.07, 6.45) is 5.67.